The standard InChI is InChI=1S/C32H27O10P/c33-29(17-11-21-7-13-23(14-8-21)31(35)36)25-3-1-5-27(19-25)41-43(39,40)42-28-6-2-4-26(20-28)30(34)18-12-22-9-15-24(16-10-22)32(37)38/h1-10,13-16,19-20H,11-12,17-18H2,(H,35,36)(H,37,38)(H,39,40). The molecule has 10 nitrogen and oxygen atoms in total. The summed E-state index contributed by atoms with van der Waals surface area (Å²) in [5.41, 5.74) is 2.38. The SMILES string of the molecule is O=C(O)c1ccc(CCC(=O)c2cccc(OP(=O)(O)Oc3cccc(C(=O)CCc4ccc(C(=O)O)cc4)c3)c2)cc1. The van der Waals surface area contributed by atoms with Gasteiger partial charge in [0.2, 0.25) is 0 Å². The van der Waals surface area contributed by atoms with Crippen LogP contribution in [0.2, 0.25) is 0 Å². The van der Waals surface area contributed by atoms with Crippen molar-refractivity contribution in [1.29, 1.82) is 0 Å². The number of benzene rings is 4. The lowest BCUT2D eigenvalue weighted by atomic mass is 10.0. The van der Waals surface area contributed by atoms with Crippen LogP contribution in [-0.2, 0) is 17.4 Å². The van der Waals surface area contributed by atoms with Crippen LogP contribution in [0.25, 0.3) is 0 Å². The number of carboxylic acids is 2. The van der Waals surface area contributed by atoms with Crippen molar-refractivity contribution < 1.29 is 47.9 Å². The molecule has 4 aromatic rings. The van der Waals surface area contributed by atoms with E-state index in [0.717, 1.165) is 11.1 Å². The van der Waals surface area contributed by atoms with Crippen LogP contribution in [0.4, 0.5) is 0 Å². The second-order valence-corrected chi connectivity index (χ2v) is 10.9. The van der Waals surface area contributed by atoms with Crippen LogP contribution in [0.5, 0.6) is 11.5 Å². The molecule has 0 unspecified atom stereocenters. The number of phosphoric acid groups is 1. The molecule has 0 radical (unpaired) electrons. The maximum absolute atomic E-state index is 12.7. The van der Waals surface area contributed by atoms with E-state index in [1.807, 2.05) is 0 Å². The second kappa shape index (κ2) is 13.7. The molecule has 0 heterocycles. The Morgan fingerprint density at radius 3 is 1.28 bits per heavy atom. The van der Waals surface area contributed by atoms with E-state index >= 15 is 0 Å². The lowest BCUT2D eigenvalue weighted by Gasteiger charge is -2.15. The van der Waals surface area contributed by atoms with E-state index in [1.54, 1.807) is 36.4 Å². The van der Waals surface area contributed by atoms with Crippen LogP contribution in [0, 0.1) is 0 Å². The number of ketones is 2. The van der Waals surface area contributed by atoms with Crippen LogP contribution in [0.1, 0.15) is 65.4 Å². The molecule has 0 saturated carbocycles. The van der Waals surface area contributed by atoms with E-state index in [2.05, 4.69) is 0 Å². The number of carbonyl (C=O) groups is 4. The fourth-order valence-corrected chi connectivity index (χ4v) is 4.97. The van der Waals surface area contributed by atoms with Crippen molar-refractivity contribution in [3.8, 4) is 11.5 Å². The van der Waals surface area contributed by atoms with Crippen molar-refractivity contribution in [3.63, 3.8) is 0 Å². The third kappa shape index (κ3) is 8.97. The molecule has 0 aromatic heterocycles. The van der Waals surface area contributed by atoms with Gasteiger partial charge in [0.25, 0.3) is 0 Å². The molecule has 0 aliphatic carbocycles. The number of hydrogen-bond acceptors (Lipinski definition) is 7. The smallest absolute Gasteiger partial charge is 0.478 e. The topological polar surface area (TPSA) is 164 Å². The minimum Gasteiger partial charge on any atom is -0.478 e. The predicted octanol–water partition coefficient (Wildman–Crippen LogP) is 6.27. The average Bonchev–Trinajstić information content (AvgIpc) is 2.98. The number of carbonyl (C=O) groups excluding carboxylic acids is 2. The second-order valence-electron chi connectivity index (χ2n) is 9.56. The van der Waals surface area contributed by atoms with Gasteiger partial charge in [-0.2, -0.15) is 0 Å². The molecule has 0 saturated heterocycles. The minimum absolute atomic E-state index is 0.0661. The molecule has 0 spiro atoms. The Morgan fingerprint density at radius 2 is 0.930 bits per heavy atom. The number of phosphoric ester groups is 1. The van der Waals surface area contributed by atoms with E-state index in [1.165, 1.54) is 60.7 Å². The van der Waals surface area contributed by atoms with Crippen LogP contribution >= 0.6 is 7.82 Å². The summed E-state index contributed by atoms with van der Waals surface area (Å²) < 4.78 is 23.1. The number of carboxylic acid groups (broad SMARTS) is 2. The summed E-state index contributed by atoms with van der Waals surface area (Å²) in [6.45, 7) is 0. The zero-order valence-electron chi connectivity index (χ0n) is 22.7. The van der Waals surface area contributed by atoms with Crippen molar-refractivity contribution in [1.82, 2.24) is 0 Å². The predicted molar refractivity (Wildman–Crippen MR) is 156 cm³/mol. The van der Waals surface area contributed by atoms with Gasteiger partial charge in [0.15, 0.2) is 11.6 Å². The van der Waals surface area contributed by atoms with E-state index in [0.29, 0.717) is 12.8 Å². The first-order valence-electron chi connectivity index (χ1n) is 13.1. The Hall–Kier alpha value is -5.05. The number of rotatable bonds is 14. The van der Waals surface area contributed by atoms with Gasteiger partial charge in [-0.25, -0.2) is 14.2 Å². The molecular weight excluding hydrogens is 575 g/mol. The summed E-state index contributed by atoms with van der Waals surface area (Å²) in [6, 6.07) is 23.9. The Labute approximate surface area is 246 Å². The van der Waals surface area contributed by atoms with Crippen molar-refractivity contribution in [3.05, 3.63) is 130 Å². The third-order valence-electron chi connectivity index (χ3n) is 6.44. The molecule has 0 amide bonds. The highest BCUT2D eigenvalue weighted by Gasteiger charge is 2.26. The number of aryl methyl sites for hydroxylation is 2. The highest BCUT2D eigenvalue weighted by molar-refractivity contribution is 7.48. The molecule has 3 N–H and O–H groups in total. The maximum Gasteiger partial charge on any atom is 0.584 e. The van der Waals surface area contributed by atoms with E-state index in [9.17, 15) is 28.6 Å². The van der Waals surface area contributed by atoms with Gasteiger partial charge in [0.05, 0.1) is 11.1 Å². The molecule has 0 bridgehead atoms. The monoisotopic (exact) mass is 602 g/mol. The molecule has 0 atom stereocenters. The summed E-state index contributed by atoms with van der Waals surface area (Å²) >= 11 is 0. The van der Waals surface area contributed by atoms with Gasteiger partial charge in [-0.15, -0.1) is 0 Å². The molecule has 220 valence electrons. The first kappa shape index (κ1) is 30.9. The molecule has 11 heteroatoms. The molecule has 43 heavy (non-hydrogen) atoms. The largest absolute Gasteiger partial charge is 0.584 e. The van der Waals surface area contributed by atoms with Crippen LogP contribution in [0.3, 0.4) is 0 Å². The van der Waals surface area contributed by atoms with Crippen LogP contribution in [-0.4, -0.2) is 38.6 Å². The van der Waals surface area contributed by atoms with E-state index < -0.39 is 19.8 Å². The molecular formula is C32H27O10P. The fraction of sp³-hybridized carbons (Fsp3) is 0.125. The minimum atomic E-state index is -4.71. The van der Waals surface area contributed by atoms with Crippen molar-refractivity contribution >= 4 is 31.3 Å². The van der Waals surface area contributed by atoms with Gasteiger partial charge < -0.3 is 19.3 Å². The van der Waals surface area contributed by atoms with Crippen molar-refractivity contribution in [2.45, 2.75) is 25.7 Å². The van der Waals surface area contributed by atoms with Gasteiger partial charge in [-0.3, -0.25) is 14.5 Å². The van der Waals surface area contributed by atoms with Gasteiger partial charge in [-0.05, 0) is 72.5 Å². The van der Waals surface area contributed by atoms with Gasteiger partial charge in [-0.1, -0.05) is 48.5 Å². The lowest BCUT2D eigenvalue weighted by Crippen LogP contribution is -2.05. The Bertz CT molecular complexity index is 1570. The Balaban J connectivity index is 1.33. The van der Waals surface area contributed by atoms with Crippen LogP contribution in [0.15, 0.2) is 97.1 Å². The van der Waals surface area contributed by atoms with Gasteiger partial charge in [0, 0.05) is 24.0 Å². The summed E-state index contributed by atoms with van der Waals surface area (Å²) in [7, 11) is -4.71. The number of hydrogen-bond donors (Lipinski definition) is 3. The normalized spacial score (nSPS) is 11.0. The maximum atomic E-state index is 12.7. The summed E-state index contributed by atoms with van der Waals surface area (Å²) in [4.78, 5) is 57.8. The quantitative estimate of drug-likeness (QED) is 0.111. The Morgan fingerprint density at radius 1 is 0.558 bits per heavy atom. The fourth-order valence-electron chi connectivity index (χ4n) is 4.17. The number of aromatic carboxylic acids is 2. The highest BCUT2D eigenvalue weighted by Crippen LogP contribution is 2.44. The zero-order chi connectivity index (χ0) is 31.0. The molecule has 4 aromatic carbocycles. The molecule has 0 aliphatic rings. The Kier molecular flexibility index (Phi) is 9.87. The highest BCUT2D eigenvalue weighted by atomic mass is 31.2. The first-order chi connectivity index (χ1) is 20.5. The van der Waals surface area contributed by atoms with Gasteiger partial charge >= 0.3 is 19.8 Å². The zero-order valence-corrected chi connectivity index (χ0v) is 23.6. The summed E-state index contributed by atoms with van der Waals surface area (Å²) in [5, 5.41) is 18.0. The van der Waals surface area contributed by atoms with Crippen molar-refractivity contribution in [2.75, 3.05) is 0 Å². The van der Waals surface area contributed by atoms with Crippen molar-refractivity contribution in [2.24, 2.45) is 0 Å². The van der Waals surface area contributed by atoms with E-state index in [-0.39, 0.29) is 58.2 Å². The first-order valence-corrected chi connectivity index (χ1v) is 14.6. The summed E-state index contributed by atoms with van der Waals surface area (Å²) in [6.07, 6.45) is 0.990. The van der Waals surface area contributed by atoms with Crippen LogP contribution < -0.4 is 9.05 Å². The molecule has 0 fully saturated rings. The van der Waals surface area contributed by atoms with Gasteiger partial charge in [0.1, 0.15) is 11.5 Å². The third-order valence-corrected chi connectivity index (χ3v) is 7.32. The number of Topliss-reactive ketones (excluding diaryl/α,β-unsaturated/α-hetero) is 2. The molecule has 4 rings (SSSR count). The average molecular weight is 603 g/mol. The van der Waals surface area contributed by atoms with E-state index in [4.69, 9.17) is 19.3 Å². The lowest BCUT2D eigenvalue weighted by molar-refractivity contribution is 0.0686. The molecule has 0 aliphatic heterocycles. The summed E-state index contributed by atoms with van der Waals surface area (Å²) in [5.74, 6) is -2.70.